The van der Waals surface area contributed by atoms with E-state index in [1.165, 1.54) is 0 Å². The molecule has 1 aromatic carbocycles. The summed E-state index contributed by atoms with van der Waals surface area (Å²) < 4.78 is 8.03. The molecule has 0 N–H and O–H groups in total. The van der Waals surface area contributed by atoms with Crippen LogP contribution in [0, 0.1) is 0 Å². The molecule has 1 saturated heterocycles. The number of nitrogens with zero attached hydrogens (tertiary/aromatic N) is 5. The van der Waals surface area contributed by atoms with E-state index in [1.807, 2.05) is 30.6 Å². The number of hydrogen-bond acceptors (Lipinski definition) is 5. The van der Waals surface area contributed by atoms with Gasteiger partial charge < -0.3 is 13.9 Å². The fraction of sp³-hybridized carbons (Fsp3) is 0.438. The summed E-state index contributed by atoms with van der Waals surface area (Å²) in [5.41, 5.74) is 1.76. The lowest BCUT2D eigenvalue weighted by molar-refractivity contribution is 0.445. The third kappa shape index (κ3) is 2.24. The van der Waals surface area contributed by atoms with Gasteiger partial charge in [-0.05, 0) is 31.9 Å². The molecule has 0 bridgehead atoms. The van der Waals surface area contributed by atoms with Crippen LogP contribution in [0.3, 0.4) is 0 Å². The first-order valence-electron chi connectivity index (χ1n) is 7.83. The number of aryl methyl sites for hydroxylation is 1. The van der Waals surface area contributed by atoms with Gasteiger partial charge in [0.25, 0.3) is 6.01 Å². The van der Waals surface area contributed by atoms with Crippen LogP contribution in [-0.2, 0) is 6.54 Å². The Balaban J connectivity index is 1.60. The molecular formula is C16H19N5O. The molecule has 4 rings (SSSR count). The van der Waals surface area contributed by atoms with Crippen LogP contribution in [0.1, 0.15) is 31.5 Å². The molecule has 1 fully saturated rings. The SMILES string of the molecule is CCn1cnnc1[C@@H]1CCCN(c2nc3ccccc3o2)C1. The van der Waals surface area contributed by atoms with Crippen LogP contribution in [0.4, 0.5) is 6.01 Å². The highest BCUT2D eigenvalue weighted by Gasteiger charge is 2.27. The summed E-state index contributed by atoms with van der Waals surface area (Å²) in [5.74, 6) is 1.45. The van der Waals surface area contributed by atoms with E-state index in [0.717, 1.165) is 49.4 Å². The molecule has 0 radical (unpaired) electrons. The van der Waals surface area contributed by atoms with Crippen LogP contribution in [-0.4, -0.2) is 32.8 Å². The Morgan fingerprint density at radius 1 is 1.32 bits per heavy atom. The van der Waals surface area contributed by atoms with Gasteiger partial charge in [0.1, 0.15) is 17.7 Å². The first-order valence-corrected chi connectivity index (χ1v) is 7.83. The quantitative estimate of drug-likeness (QED) is 0.744. The minimum atomic E-state index is 0.381. The molecule has 6 heteroatoms. The summed E-state index contributed by atoms with van der Waals surface area (Å²) in [6.45, 7) is 4.88. The Bertz CT molecular complexity index is 745. The molecular weight excluding hydrogens is 278 g/mol. The molecule has 3 heterocycles. The monoisotopic (exact) mass is 297 g/mol. The Labute approximate surface area is 128 Å². The molecule has 0 spiro atoms. The first kappa shape index (κ1) is 13.3. The maximum Gasteiger partial charge on any atom is 0.298 e. The van der Waals surface area contributed by atoms with Gasteiger partial charge in [-0.25, -0.2) is 0 Å². The normalized spacial score (nSPS) is 19.0. The van der Waals surface area contributed by atoms with Gasteiger partial charge in [0, 0.05) is 25.6 Å². The molecule has 0 unspecified atom stereocenters. The third-order valence-electron chi connectivity index (χ3n) is 4.33. The van der Waals surface area contributed by atoms with Crippen molar-refractivity contribution in [2.75, 3.05) is 18.0 Å². The van der Waals surface area contributed by atoms with Crippen molar-refractivity contribution >= 4 is 17.1 Å². The van der Waals surface area contributed by atoms with E-state index in [4.69, 9.17) is 4.42 Å². The number of anilines is 1. The number of rotatable bonds is 3. The average Bonchev–Trinajstić information content (AvgIpc) is 3.21. The van der Waals surface area contributed by atoms with Crippen LogP contribution in [0.25, 0.3) is 11.1 Å². The van der Waals surface area contributed by atoms with Crippen LogP contribution in [0.5, 0.6) is 0 Å². The molecule has 6 nitrogen and oxygen atoms in total. The minimum Gasteiger partial charge on any atom is -0.423 e. The highest BCUT2D eigenvalue weighted by Crippen LogP contribution is 2.30. The van der Waals surface area contributed by atoms with Crippen LogP contribution < -0.4 is 4.90 Å². The van der Waals surface area contributed by atoms with Crippen molar-refractivity contribution in [3.05, 3.63) is 36.4 Å². The summed E-state index contributed by atoms with van der Waals surface area (Å²) in [7, 11) is 0. The van der Waals surface area contributed by atoms with E-state index in [0.29, 0.717) is 11.9 Å². The zero-order chi connectivity index (χ0) is 14.9. The average molecular weight is 297 g/mol. The zero-order valence-electron chi connectivity index (χ0n) is 12.6. The van der Waals surface area contributed by atoms with Gasteiger partial charge in [0.05, 0.1) is 0 Å². The number of para-hydroxylation sites is 2. The highest BCUT2D eigenvalue weighted by atomic mass is 16.4. The maximum atomic E-state index is 5.90. The van der Waals surface area contributed by atoms with E-state index >= 15 is 0 Å². The fourth-order valence-electron chi connectivity index (χ4n) is 3.18. The van der Waals surface area contributed by atoms with E-state index in [1.54, 1.807) is 0 Å². The van der Waals surface area contributed by atoms with Gasteiger partial charge in [0.2, 0.25) is 0 Å². The van der Waals surface area contributed by atoms with Crippen LogP contribution in [0.2, 0.25) is 0 Å². The maximum absolute atomic E-state index is 5.90. The van der Waals surface area contributed by atoms with Crippen molar-refractivity contribution in [1.82, 2.24) is 19.7 Å². The Hall–Kier alpha value is -2.37. The van der Waals surface area contributed by atoms with Gasteiger partial charge in [-0.2, -0.15) is 4.98 Å². The predicted molar refractivity (Wildman–Crippen MR) is 83.9 cm³/mol. The lowest BCUT2D eigenvalue weighted by Crippen LogP contribution is -2.35. The molecule has 0 aliphatic carbocycles. The zero-order valence-corrected chi connectivity index (χ0v) is 12.6. The second-order valence-corrected chi connectivity index (χ2v) is 5.72. The minimum absolute atomic E-state index is 0.381. The lowest BCUT2D eigenvalue weighted by Gasteiger charge is -2.31. The van der Waals surface area contributed by atoms with Gasteiger partial charge >= 0.3 is 0 Å². The van der Waals surface area contributed by atoms with E-state index in [-0.39, 0.29) is 0 Å². The molecule has 0 saturated carbocycles. The van der Waals surface area contributed by atoms with Crippen LogP contribution >= 0.6 is 0 Å². The predicted octanol–water partition coefficient (Wildman–Crippen LogP) is 2.82. The topological polar surface area (TPSA) is 60.0 Å². The van der Waals surface area contributed by atoms with Crippen molar-refractivity contribution in [2.24, 2.45) is 0 Å². The third-order valence-corrected chi connectivity index (χ3v) is 4.33. The van der Waals surface area contributed by atoms with Gasteiger partial charge in [-0.15, -0.1) is 10.2 Å². The van der Waals surface area contributed by atoms with E-state index in [2.05, 4.69) is 31.6 Å². The number of aromatic nitrogens is 4. The second-order valence-electron chi connectivity index (χ2n) is 5.72. The number of fused-ring (bicyclic) bond motifs is 1. The molecule has 1 atom stereocenters. The fourth-order valence-corrected chi connectivity index (χ4v) is 3.18. The second kappa shape index (κ2) is 5.44. The lowest BCUT2D eigenvalue weighted by atomic mass is 9.97. The molecule has 1 aliphatic rings. The van der Waals surface area contributed by atoms with Crippen molar-refractivity contribution in [3.8, 4) is 0 Å². The van der Waals surface area contributed by atoms with Crippen molar-refractivity contribution < 1.29 is 4.42 Å². The van der Waals surface area contributed by atoms with Gasteiger partial charge in [0.15, 0.2) is 5.58 Å². The number of hydrogen-bond donors (Lipinski definition) is 0. The Morgan fingerprint density at radius 2 is 2.23 bits per heavy atom. The van der Waals surface area contributed by atoms with E-state index in [9.17, 15) is 0 Å². The molecule has 0 amide bonds. The van der Waals surface area contributed by atoms with E-state index < -0.39 is 0 Å². The highest BCUT2D eigenvalue weighted by molar-refractivity contribution is 5.74. The molecule has 1 aliphatic heterocycles. The van der Waals surface area contributed by atoms with Crippen molar-refractivity contribution in [2.45, 2.75) is 32.2 Å². The molecule has 22 heavy (non-hydrogen) atoms. The number of benzene rings is 1. The summed E-state index contributed by atoms with van der Waals surface area (Å²) in [6.07, 6.45) is 4.06. The Kier molecular flexibility index (Phi) is 3.29. The number of piperidine rings is 1. The smallest absolute Gasteiger partial charge is 0.298 e. The summed E-state index contributed by atoms with van der Waals surface area (Å²) in [4.78, 5) is 6.84. The number of oxazole rings is 1. The summed E-state index contributed by atoms with van der Waals surface area (Å²) in [6, 6.07) is 8.61. The molecule has 3 aromatic rings. The standard InChI is InChI=1S/C16H19N5O/c1-2-20-11-17-19-15(20)12-6-5-9-21(10-12)16-18-13-7-3-4-8-14(13)22-16/h3-4,7-8,11-12H,2,5-6,9-10H2,1H3/t12-/m1/s1. The summed E-state index contributed by atoms with van der Waals surface area (Å²) >= 11 is 0. The van der Waals surface area contributed by atoms with Crippen molar-refractivity contribution in [1.29, 1.82) is 0 Å². The summed E-state index contributed by atoms with van der Waals surface area (Å²) in [5, 5.41) is 8.37. The first-order chi connectivity index (χ1) is 10.8. The van der Waals surface area contributed by atoms with Gasteiger partial charge in [-0.3, -0.25) is 0 Å². The Morgan fingerprint density at radius 3 is 3.09 bits per heavy atom. The van der Waals surface area contributed by atoms with Crippen LogP contribution in [0.15, 0.2) is 35.0 Å². The van der Waals surface area contributed by atoms with Crippen molar-refractivity contribution in [3.63, 3.8) is 0 Å². The molecule has 2 aromatic heterocycles. The largest absolute Gasteiger partial charge is 0.423 e. The molecule has 114 valence electrons. The van der Waals surface area contributed by atoms with Gasteiger partial charge in [-0.1, -0.05) is 12.1 Å².